The van der Waals surface area contributed by atoms with Gasteiger partial charge >= 0.3 is 0 Å². The molecule has 0 spiro atoms. The van der Waals surface area contributed by atoms with Crippen LogP contribution in [0.4, 0.5) is 5.13 Å². The SMILES string of the molecule is CCCCOc1cccc(C(=O)Nc2nc3c(s2)Cc2ccccc2-3)c1. The first-order valence-electron chi connectivity index (χ1n) is 8.87. The Kier molecular flexibility index (Phi) is 4.71. The molecule has 26 heavy (non-hydrogen) atoms. The number of fused-ring (bicyclic) bond motifs is 3. The maximum Gasteiger partial charge on any atom is 0.257 e. The zero-order valence-electron chi connectivity index (χ0n) is 14.6. The van der Waals surface area contributed by atoms with Crippen molar-refractivity contribution in [3.8, 4) is 17.0 Å². The summed E-state index contributed by atoms with van der Waals surface area (Å²) in [6.45, 7) is 2.79. The lowest BCUT2D eigenvalue weighted by molar-refractivity contribution is 0.102. The van der Waals surface area contributed by atoms with Gasteiger partial charge in [-0.15, -0.1) is 11.3 Å². The molecule has 1 aliphatic carbocycles. The molecule has 4 nitrogen and oxygen atoms in total. The van der Waals surface area contributed by atoms with E-state index in [9.17, 15) is 4.79 Å². The van der Waals surface area contributed by atoms with Crippen molar-refractivity contribution < 1.29 is 9.53 Å². The Bertz CT molecular complexity index is 949. The molecule has 0 saturated carbocycles. The number of nitrogens with one attached hydrogen (secondary N) is 1. The summed E-state index contributed by atoms with van der Waals surface area (Å²) in [5.74, 6) is 0.563. The van der Waals surface area contributed by atoms with E-state index in [1.807, 2.05) is 24.3 Å². The summed E-state index contributed by atoms with van der Waals surface area (Å²) >= 11 is 1.55. The molecule has 1 N–H and O–H groups in total. The molecular formula is C21H20N2O2S. The van der Waals surface area contributed by atoms with E-state index in [2.05, 4.69) is 29.4 Å². The summed E-state index contributed by atoms with van der Waals surface area (Å²) < 4.78 is 5.68. The van der Waals surface area contributed by atoms with Gasteiger partial charge in [0.25, 0.3) is 5.91 Å². The van der Waals surface area contributed by atoms with Crippen molar-refractivity contribution in [1.29, 1.82) is 0 Å². The summed E-state index contributed by atoms with van der Waals surface area (Å²) in [5, 5.41) is 3.57. The molecule has 0 fully saturated rings. The van der Waals surface area contributed by atoms with Gasteiger partial charge < -0.3 is 4.74 Å². The van der Waals surface area contributed by atoms with Crippen LogP contribution < -0.4 is 10.1 Å². The summed E-state index contributed by atoms with van der Waals surface area (Å²) in [7, 11) is 0. The maximum absolute atomic E-state index is 12.6. The monoisotopic (exact) mass is 364 g/mol. The fraction of sp³-hybridized carbons (Fsp3) is 0.238. The normalized spacial score (nSPS) is 11.7. The molecule has 1 aliphatic rings. The average molecular weight is 364 g/mol. The maximum atomic E-state index is 12.6. The molecule has 0 unspecified atom stereocenters. The Hall–Kier alpha value is -2.66. The predicted molar refractivity (Wildman–Crippen MR) is 105 cm³/mol. The van der Waals surface area contributed by atoms with Crippen LogP contribution in [0, 0.1) is 0 Å². The van der Waals surface area contributed by atoms with Gasteiger partial charge in [0, 0.05) is 22.4 Å². The molecule has 0 aliphatic heterocycles. The number of carbonyl (C=O) groups excluding carboxylic acids is 1. The van der Waals surface area contributed by atoms with Crippen LogP contribution in [-0.2, 0) is 6.42 Å². The topological polar surface area (TPSA) is 51.2 Å². The van der Waals surface area contributed by atoms with Gasteiger partial charge in [0.05, 0.1) is 12.3 Å². The van der Waals surface area contributed by atoms with Gasteiger partial charge in [0.15, 0.2) is 5.13 Å². The standard InChI is InChI=1S/C21H20N2O2S/c1-2-3-11-25-16-9-6-8-15(12-16)20(24)23-21-22-19-17-10-5-4-7-14(17)13-18(19)26-21/h4-10,12H,2-3,11,13H2,1H3,(H,22,23,24). The van der Waals surface area contributed by atoms with Gasteiger partial charge in [-0.1, -0.05) is 43.7 Å². The second-order valence-corrected chi connectivity index (χ2v) is 7.39. The molecule has 2 aromatic carbocycles. The van der Waals surface area contributed by atoms with Crippen LogP contribution in [-0.4, -0.2) is 17.5 Å². The fourth-order valence-electron chi connectivity index (χ4n) is 3.04. The molecular weight excluding hydrogens is 344 g/mol. The third-order valence-electron chi connectivity index (χ3n) is 4.40. The Labute approximate surface area is 156 Å². The van der Waals surface area contributed by atoms with Gasteiger partial charge in [-0.2, -0.15) is 0 Å². The van der Waals surface area contributed by atoms with Crippen LogP contribution in [0.2, 0.25) is 0 Å². The first-order chi connectivity index (χ1) is 12.7. The lowest BCUT2D eigenvalue weighted by Crippen LogP contribution is -2.12. The number of nitrogens with zero attached hydrogens (tertiary/aromatic N) is 1. The van der Waals surface area contributed by atoms with Crippen molar-refractivity contribution in [3.05, 3.63) is 64.5 Å². The number of rotatable bonds is 6. The molecule has 5 heteroatoms. The summed E-state index contributed by atoms with van der Waals surface area (Å²) in [6, 6.07) is 15.6. The molecule has 0 radical (unpaired) electrons. The number of benzene rings is 2. The third kappa shape index (κ3) is 3.35. The molecule has 0 saturated heterocycles. The van der Waals surface area contributed by atoms with E-state index >= 15 is 0 Å². The first-order valence-corrected chi connectivity index (χ1v) is 9.68. The Morgan fingerprint density at radius 1 is 1.23 bits per heavy atom. The van der Waals surface area contributed by atoms with Crippen molar-refractivity contribution >= 4 is 22.4 Å². The number of aromatic nitrogens is 1. The molecule has 132 valence electrons. The van der Waals surface area contributed by atoms with E-state index in [0.29, 0.717) is 17.3 Å². The van der Waals surface area contributed by atoms with Gasteiger partial charge in [-0.25, -0.2) is 4.98 Å². The minimum atomic E-state index is -0.161. The van der Waals surface area contributed by atoms with E-state index in [0.717, 1.165) is 30.7 Å². The molecule has 3 aromatic rings. The van der Waals surface area contributed by atoms with Gasteiger partial charge in [-0.05, 0) is 30.2 Å². The van der Waals surface area contributed by atoms with Crippen LogP contribution in [0.5, 0.6) is 5.75 Å². The highest BCUT2D eigenvalue weighted by Gasteiger charge is 2.23. The van der Waals surface area contributed by atoms with Crippen molar-refractivity contribution in [1.82, 2.24) is 4.98 Å². The largest absolute Gasteiger partial charge is 0.494 e. The summed E-state index contributed by atoms with van der Waals surface area (Å²) in [4.78, 5) is 18.4. The van der Waals surface area contributed by atoms with Crippen molar-refractivity contribution in [3.63, 3.8) is 0 Å². The molecule has 0 atom stereocenters. The van der Waals surface area contributed by atoms with Crippen LogP contribution in [0.3, 0.4) is 0 Å². The first kappa shape index (κ1) is 16.8. The molecule has 4 rings (SSSR count). The van der Waals surface area contributed by atoms with Gasteiger partial charge in [-0.3, -0.25) is 10.1 Å². The third-order valence-corrected chi connectivity index (χ3v) is 5.37. The Balaban J connectivity index is 1.47. The van der Waals surface area contributed by atoms with Gasteiger partial charge in [0.1, 0.15) is 5.75 Å². The zero-order chi connectivity index (χ0) is 17.9. The van der Waals surface area contributed by atoms with Crippen molar-refractivity contribution in [2.45, 2.75) is 26.2 Å². The van der Waals surface area contributed by atoms with E-state index in [-0.39, 0.29) is 5.91 Å². The number of carbonyl (C=O) groups is 1. The Morgan fingerprint density at radius 3 is 3.00 bits per heavy atom. The quantitative estimate of drug-likeness (QED) is 0.482. The number of amides is 1. The van der Waals surface area contributed by atoms with E-state index in [1.54, 1.807) is 23.5 Å². The number of unbranched alkanes of at least 4 members (excludes halogenated alkanes) is 1. The summed E-state index contributed by atoms with van der Waals surface area (Å²) in [6.07, 6.45) is 2.97. The average Bonchev–Trinajstić information content (AvgIpc) is 3.19. The van der Waals surface area contributed by atoms with Crippen LogP contribution >= 0.6 is 11.3 Å². The lowest BCUT2D eigenvalue weighted by atomic mass is 10.1. The van der Waals surface area contributed by atoms with E-state index < -0.39 is 0 Å². The smallest absolute Gasteiger partial charge is 0.257 e. The fourth-order valence-corrected chi connectivity index (χ4v) is 4.04. The minimum absolute atomic E-state index is 0.161. The molecule has 1 amide bonds. The molecule has 0 bridgehead atoms. The predicted octanol–water partition coefficient (Wildman–Crippen LogP) is 5.15. The van der Waals surface area contributed by atoms with Crippen LogP contribution in [0.25, 0.3) is 11.3 Å². The zero-order valence-corrected chi connectivity index (χ0v) is 15.4. The van der Waals surface area contributed by atoms with E-state index in [1.165, 1.54) is 16.0 Å². The van der Waals surface area contributed by atoms with Crippen molar-refractivity contribution in [2.24, 2.45) is 0 Å². The number of thiazole rings is 1. The summed E-state index contributed by atoms with van der Waals surface area (Å²) in [5.41, 5.74) is 4.05. The van der Waals surface area contributed by atoms with Crippen LogP contribution in [0.1, 0.15) is 40.6 Å². The lowest BCUT2D eigenvalue weighted by Gasteiger charge is -2.07. The molecule has 1 heterocycles. The van der Waals surface area contributed by atoms with Crippen molar-refractivity contribution in [2.75, 3.05) is 11.9 Å². The number of ether oxygens (including phenoxy) is 1. The minimum Gasteiger partial charge on any atom is -0.494 e. The van der Waals surface area contributed by atoms with Crippen LogP contribution in [0.15, 0.2) is 48.5 Å². The number of hydrogen-bond donors (Lipinski definition) is 1. The number of hydrogen-bond acceptors (Lipinski definition) is 4. The highest BCUT2D eigenvalue weighted by atomic mass is 32.1. The Morgan fingerprint density at radius 2 is 2.12 bits per heavy atom. The number of anilines is 1. The molecule has 1 aromatic heterocycles. The highest BCUT2D eigenvalue weighted by Crippen LogP contribution is 2.40. The van der Waals surface area contributed by atoms with E-state index in [4.69, 9.17) is 4.74 Å². The second kappa shape index (κ2) is 7.30. The van der Waals surface area contributed by atoms with Gasteiger partial charge in [0.2, 0.25) is 0 Å². The highest BCUT2D eigenvalue weighted by molar-refractivity contribution is 7.16. The second-order valence-electron chi connectivity index (χ2n) is 6.31.